The van der Waals surface area contributed by atoms with Crippen molar-refractivity contribution in [2.75, 3.05) is 26.4 Å². The molecule has 0 aromatic heterocycles. The Hall–Kier alpha value is -1.42. The second-order valence-corrected chi connectivity index (χ2v) is 15.6. The van der Waals surface area contributed by atoms with Gasteiger partial charge in [0, 0.05) is 26.3 Å². The van der Waals surface area contributed by atoms with Gasteiger partial charge in [-0.1, -0.05) is 183 Å². The fraction of sp³-hybridized carbons (Fsp3) is 0.792. The van der Waals surface area contributed by atoms with E-state index in [2.05, 4.69) is 75.5 Å². The van der Waals surface area contributed by atoms with Gasteiger partial charge < -0.3 is 14.8 Å². The molecule has 0 aliphatic heterocycles. The number of hydrogen-bond donors (Lipinski definition) is 1. The Bertz CT molecular complexity index is 888. The van der Waals surface area contributed by atoms with Gasteiger partial charge in [-0.05, 0) is 83.6 Å². The van der Waals surface area contributed by atoms with Crippen molar-refractivity contribution < 1.29 is 9.47 Å². The second-order valence-electron chi connectivity index (χ2n) is 15.6. The third-order valence-corrected chi connectivity index (χ3v) is 10.1. The van der Waals surface area contributed by atoms with E-state index in [-0.39, 0.29) is 6.10 Å². The average Bonchev–Trinajstić information content (AvgIpc) is 3.11. The lowest BCUT2D eigenvalue weighted by Gasteiger charge is -2.19. The van der Waals surface area contributed by atoms with Crippen LogP contribution in [0.5, 0.6) is 0 Å². The van der Waals surface area contributed by atoms with Crippen molar-refractivity contribution in [2.24, 2.45) is 0 Å². The quantitative estimate of drug-likeness (QED) is 0.0545. The van der Waals surface area contributed by atoms with E-state index in [1.165, 1.54) is 184 Å². The van der Waals surface area contributed by atoms with E-state index in [0.717, 1.165) is 39.1 Å². The van der Waals surface area contributed by atoms with Crippen molar-refractivity contribution in [3.05, 3.63) is 59.2 Å². The predicted octanol–water partition coefficient (Wildman–Crippen LogP) is 14.9. The predicted molar refractivity (Wildman–Crippen MR) is 227 cm³/mol. The Kier molecular flexibility index (Phi) is 35.8. The van der Waals surface area contributed by atoms with Gasteiger partial charge >= 0.3 is 0 Å². The number of allylic oxidation sites excluding steroid dienone is 4. The normalized spacial score (nSPS) is 12.5. The third-order valence-electron chi connectivity index (χ3n) is 10.1. The number of aryl methyl sites for hydroxylation is 2. The van der Waals surface area contributed by atoms with E-state index in [0.29, 0.717) is 6.61 Å². The Morgan fingerprint density at radius 1 is 0.490 bits per heavy atom. The molecule has 1 rings (SSSR count). The molecule has 0 heterocycles. The lowest BCUT2D eigenvalue weighted by molar-refractivity contribution is -0.0177. The Labute approximate surface area is 319 Å². The van der Waals surface area contributed by atoms with Gasteiger partial charge in [0.25, 0.3) is 0 Å². The number of unbranched alkanes of at least 4 members (excludes halogenated alkanes) is 24. The molecule has 0 bridgehead atoms. The number of hydrogen-bond acceptors (Lipinski definition) is 3. The van der Waals surface area contributed by atoms with E-state index < -0.39 is 0 Å². The first-order valence-electron chi connectivity index (χ1n) is 22.4. The van der Waals surface area contributed by atoms with Gasteiger partial charge in [-0.25, -0.2) is 0 Å². The van der Waals surface area contributed by atoms with Crippen LogP contribution in [-0.4, -0.2) is 32.5 Å². The van der Waals surface area contributed by atoms with E-state index in [1.54, 1.807) is 0 Å². The largest absolute Gasteiger partial charge is 0.379 e. The fourth-order valence-corrected chi connectivity index (χ4v) is 6.98. The minimum Gasteiger partial charge on any atom is -0.379 e. The van der Waals surface area contributed by atoms with Crippen molar-refractivity contribution in [3.8, 4) is 0 Å². The molecule has 0 radical (unpaired) electrons. The van der Waals surface area contributed by atoms with Crippen molar-refractivity contribution in [1.82, 2.24) is 5.32 Å². The smallest absolute Gasteiger partial charge is 0.0932 e. The van der Waals surface area contributed by atoms with Crippen LogP contribution in [0.15, 0.2) is 42.5 Å². The highest BCUT2D eigenvalue weighted by Crippen LogP contribution is 2.13. The van der Waals surface area contributed by atoms with Crippen LogP contribution in [0.3, 0.4) is 0 Å². The van der Waals surface area contributed by atoms with E-state index in [1.807, 2.05) is 0 Å². The van der Waals surface area contributed by atoms with Crippen LogP contribution >= 0.6 is 0 Å². The summed E-state index contributed by atoms with van der Waals surface area (Å²) in [5.74, 6) is 0. The SMILES string of the molecule is CCCCCCCC/C=C\CCCCCCCCOCC(CNCc1cc(C)cc(C)c1)OCCCCCCCC/C=C\CCCCCCCC. The summed E-state index contributed by atoms with van der Waals surface area (Å²) in [7, 11) is 0. The summed E-state index contributed by atoms with van der Waals surface area (Å²) in [6.07, 6.45) is 47.3. The first-order valence-corrected chi connectivity index (χ1v) is 22.4. The third kappa shape index (κ3) is 34.1. The lowest BCUT2D eigenvalue weighted by Crippen LogP contribution is -2.33. The van der Waals surface area contributed by atoms with Gasteiger partial charge in [0.15, 0.2) is 0 Å². The number of nitrogens with one attached hydrogen (secondary N) is 1. The molecule has 1 aromatic carbocycles. The molecule has 1 atom stereocenters. The number of rotatable bonds is 39. The fourth-order valence-electron chi connectivity index (χ4n) is 6.98. The molecule has 1 unspecified atom stereocenters. The number of ether oxygens (including phenoxy) is 2. The summed E-state index contributed by atoms with van der Waals surface area (Å²) in [6, 6.07) is 6.81. The van der Waals surface area contributed by atoms with Crippen molar-refractivity contribution in [2.45, 2.75) is 220 Å². The molecule has 3 nitrogen and oxygen atoms in total. The summed E-state index contributed by atoms with van der Waals surface area (Å²) >= 11 is 0. The minimum absolute atomic E-state index is 0.119. The van der Waals surface area contributed by atoms with Gasteiger partial charge in [-0.15, -0.1) is 0 Å². The van der Waals surface area contributed by atoms with Gasteiger partial charge in [0.1, 0.15) is 0 Å². The highest BCUT2D eigenvalue weighted by molar-refractivity contribution is 5.28. The zero-order valence-corrected chi connectivity index (χ0v) is 34.8. The maximum Gasteiger partial charge on any atom is 0.0932 e. The molecule has 1 aromatic rings. The molecule has 0 amide bonds. The molecule has 0 fully saturated rings. The van der Waals surface area contributed by atoms with Crippen LogP contribution in [0.4, 0.5) is 0 Å². The van der Waals surface area contributed by atoms with Crippen LogP contribution in [0.25, 0.3) is 0 Å². The summed E-state index contributed by atoms with van der Waals surface area (Å²) in [5.41, 5.74) is 4.02. The molecule has 0 aliphatic carbocycles. The first-order chi connectivity index (χ1) is 25.2. The van der Waals surface area contributed by atoms with Crippen LogP contribution < -0.4 is 5.32 Å². The summed E-state index contributed by atoms with van der Waals surface area (Å²) in [4.78, 5) is 0. The Balaban J connectivity index is 2.12. The van der Waals surface area contributed by atoms with Gasteiger partial charge in [-0.2, -0.15) is 0 Å². The van der Waals surface area contributed by atoms with E-state index in [4.69, 9.17) is 9.47 Å². The molecule has 0 spiro atoms. The summed E-state index contributed by atoms with van der Waals surface area (Å²) < 4.78 is 12.5. The molecular formula is C48H87NO2. The summed E-state index contributed by atoms with van der Waals surface area (Å²) in [5, 5.41) is 3.66. The summed E-state index contributed by atoms with van der Waals surface area (Å²) in [6.45, 7) is 13.1. The molecule has 296 valence electrons. The van der Waals surface area contributed by atoms with Gasteiger partial charge in [0.2, 0.25) is 0 Å². The van der Waals surface area contributed by atoms with Crippen LogP contribution in [0.1, 0.15) is 210 Å². The van der Waals surface area contributed by atoms with E-state index >= 15 is 0 Å². The highest BCUT2D eigenvalue weighted by Gasteiger charge is 2.10. The van der Waals surface area contributed by atoms with Crippen LogP contribution in [0, 0.1) is 13.8 Å². The zero-order chi connectivity index (χ0) is 36.7. The molecule has 0 aliphatic rings. The van der Waals surface area contributed by atoms with Crippen molar-refractivity contribution >= 4 is 0 Å². The molecular weight excluding hydrogens is 623 g/mol. The van der Waals surface area contributed by atoms with Crippen LogP contribution in [0.2, 0.25) is 0 Å². The monoisotopic (exact) mass is 710 g/mol. The van der Waals surface area contributed by atoms with Crippen LogP contribution in [-0.2, 0) is 16.0 Å². The number of benzene rings is 1. The Morgan fingerprint density at radius 3 is 1.33 bits per heavy atom. The molecule has 0 saturated heterocycles. The molecule has 1 N–H and O–H groups in total. The van der Waals surface area contributed by atoms with Gasteiger partial charge in [0.05, 0.1) is 12.7 Å². The van der Waals surface area contributed by atoms with E-state index in [9.17, 15) is 0 Å². The second kappa shape index (κ2) is 38.3. The van der Waals surface area contributed by atoms with Crippen molar-refractivity contribution in [3.63, 3.8) is 0 Å². The van der Waals surface area contributed by atoms with Crippen molar-refractivity contribution in [1.29, 1.82) is 0 Å². The standard InChI is InChI=1S/C48H87NO2/c1-5-7-9-11-13-15-17-19-21-23-25-27-29-31-33-35-37-50-44-48(43-49-42-47-40-45(3)39-46(4)41-47)51-38-36-34-32-30-28-26-24-22-20-18-16-14-12-10-8-6-2/h19-22,39-41,48-49H,5-18,23-38,42-44H2,1-4H3/b21-19-,22-20-. The minimum atomic E-state index is 0.119. The average molecular weight is 710 g/mol. The maximum atomic E-state index is 6.38. The Morgan fingerprint density at radius 2 is 0.882 bits per heavy atom. The molecule has 51 heavy (non-hydrogen) atoms. The topological polar surface area (TPSA) is 30.5 Å². The van der Waals surface area contributed by atoms with Gasteiger partial charge in [-0.3, -0.25) is 0 Å². The lowest BCUT2D eigenvalue weighted by atomic mass is 10.1. The zero-order valence-electron chi connectivity index (χ0n) is 34.8. The highest BCUT2D eigenvalue weighted by atomic mass is 16.5. The molecule has 3 heteroatoms. The molecule has 0 saturated carbocycles. The maximum absolute atomic E-state index is 6.38. The first kappa shape index (κ1) is 47.6.